The monoisotopic (exact) mass is 307 g/mol. The van der Waals surface area contributed by atoms with Crippen molar-refractivity contribution in [1.82, 2.24) is 0 Å². The van der Waals surface area contributed by atoms with Crippen molar-refractivity contribution >= 4 is 35.0 Å². The molecule has 0 bridgehead atoms. The van der Waals surface area contributed by atoms with E-state index in [9.17, 15) is 9.90 Å². The number of carbonyl (C=O) groups excluding carboxylic acids is 1. The van der Waals surface area contributed by atoms with Crippen LogP contribution < -0.4 is 5.32 Å². The maximum absolute atomic E-state index is 11.9. The van der Waals surface area contributed by atoms with Crippen LogP contribution in [0.2, 0.25) is 5.02 Å². The lowest BCUT2D eigenvalue weighted by atomic mass is 10.2. The van der Waals surface area contributed by atoms with E-state index in [1.54, 1.807) is 6.07 Å². The SMILES string of the molecule is Cc1ccccc1SCC(=O)Nc1cc(Cl)ccc1O. The van der Waals surface area contributed by atoms with Gasteiger partial charge in [-0.1, -0.05) is 29.8 Å². The lowest BCUT2D eigenvalue weighted by Gasteiger charge is -2.08. The molecular formula is C15H14ClNO2S. The van der Waals surface area contributed by atoms with Gasteiger partial charge in [0.1, 0.15) is 5.75 Å². The molecule has 0 aliphatic rings. The molecule has 0 fully saturated rings. The summed E-state index contributed by atoms with van der Waals surface area (Å²) >= 11 is 7.28. The number of rotatable bonds is 4. The lowest BCUT2D eigenvalue weighted by Crippen LogP contribution is -2.14. The molecule has 0 atom stereocenters. The third kappa shape index (κ3) is 3.92. The summed E-state index contributed by atoms with van der Waals surface area (Å²) in [6.07, 6.45) is 0. The third-order valence-corrected chi connectivity index (χ3v) is 4.10. The first-order valence-corrected chi connectivity index (χ1v) is 7.39. The minimum absolute atomic E-state index is 0.00337. The number of hydrogen-bond acceptors (Lipinski definition) is 3. The summed E-state index contributed by atoms with van der Waals surface area (Å²) in [4.78, 5) is 12.9. The molecule has 0 aliphatic heterocycles. The van der Waals surface area contributed by atoms with Crippen LogP contribution in [0.15, 0.2) is 47.4 Å². The minimum Gasteiger partial charge on any atom is -0.506 e. The minimum atomic E-state index is -0.184. The maximum Gasteiger partial charge on any atom is 0.234 e. The van der Waals surface area contributed by atoms with Gasteiger partial charge >= 0.3 is 0 Å². The van der Waals surface area contributed by atoms with E-state index in [4.69, 9.17) is 11.6 Å². The van der Waals surface area contributed by atoms with E-state index >= 15 is 0 Å². The van der Waals surface area contributed by atoms with Crippen LogP contribution in [0.5, 0.6) is 5.75 Å². The summed E-state index contributed by atoms with van der Waals surface area (Å²) in [5.41, 5.74) is 1.46. The zero-order chi connectivity index (χ0) is 14.5. The second-order valence-electron chi connectivity index (χ2n) is 4.26. The second kappa shape index (κ2) is 6.68. The van der Waals surface area contributed by atoms with Crippen LogP contribution in [0.25, 0.3) is 0 Å². The number of thioether (sulfide) groups is 1. The predicted molar refractivity (Wildman–Crippen MR) is 83.6 cm³/mol. The van der Waals surface area contributed by atoms with Crippen molar-refractivity contribution in [3.63, 3.8) is 0 Å². The molecule has 0 unspecified atom stereocenters. The number of carbonyl (C=O) groups is 1. The number of aryl methyl sites for hydroxylation is 1. The van der Waals surface area contributed by atoms with Crippen LogP contribution in [-0.4, -0.2) is 16.8 Å². The van der Waals surface area contributed by atoms with Gasteiger partial charge in [0.2, 0.25) is 5.91 Å². The highest BCUT2D eigenvalue weighted by atomic mass is 35.5. The number of phenolic OH excluding ortho intramolecular Hbond substituents is 1. The number of nitrogens with one attached hydrogen (secondary N) is 1. The van der Waals surface area contributed by atoms with Crippen LogP contribution in [0.1, 0.15) is 5.56 Å². The van der Waals surface area contributed by atoms with Crippen LogP contribution in [0.3, 0.4) is 0 Å². The molecule has 0 radical (unpaired) electrons. The second-order valence-corrected chi connectivity index (χ2v) is 5.72. The molecule has 2 aromatic carbocycles. The van der Waals surface area contributed by atoms with Crippen molar-refractivity contribution < 1.29 is 9.90 Å². The first kappa shape index (κ1) is 14.8. The fraction of sp³-hybridized carbons (Fsp3) is 0.133. The zero-order valence-corrected chi connectivity index (χ0v) is 12.5. The molecule has 0 aromatic heterocycles. The number of anilines is 1. The third-order valence-electron chi connectivity index (χ3n) is 2.69. The largest absolute Gasteiger partial charge is 0.506 e. The van der Waals surface area contributed by atoms with Gasteiger partial charge in [-0.15, -0.1) is 11.8 Å². The highest BCUT2D eigenvalue weighted by molar-refractivity contribution is 8.00. The van der Waals surface area contributed by atoms with Crippen molar-refractivity contribution in [2.45, 2.75) is 11.8 Å². The Balaban J connectivity index is 1.96. The summed E-state index contributed by atoms with van der Waals surface area (Å²) < 4.78 is 0. The van der Waals surface area contributed by atoms with Gasteiger partial charge in [-0.05, 0) is 36.8 Å². The summed E-state index contributed by atoms with van der Waals surface area (Å²) in [7, 11) is 0. The predicted octanol–water partition coefficient (Wildman–Crippen LogP) is 4.08. The fourth-order valence-corrected chi connectivity index (χ4v) is 2.66. The van der Waals surface area contributed by atoms with Crippen molar-refractivity contribution in [3.05, 3.63) is 53.1 Å². The van der Waals surface area contributed by atoms with Crippen molar-refractivity contribution in [2.24, 2.45) is 0 Å². The molecule has 2 aromatic rings. The van der Waals surface area contributed by atoms with Crippen LogP contribution >= 0.6 is 23.4 Å². The number of aromatic hydroxyl groups is 1. The van der Waals surface area contributed by atoms with Gasteiger partial charge in [0.25, 0.3) is 0 Å². The Morgan fingerprint density at radius 3 is 2.80 bits per heavy atom. The highest BCUT2D eigenvalue weighted by Gasteiger charge is 2.08. The van der Waals surface area contributed by atoms with E-state index in [1.807, 2.05) is 31.2 Å². The lowest BCUT2D eigenvalue weighted by molar-refractivity contribution is -0.113. The van der Waals surface area contributed by atoms with Gasteiger partial charge in [-0.3, -0.25) is 4.79 Å². The number of benzene rings is 2. The van der Waals surface area contributed by atoms with Crippen LogP contribution in [0, 0.1) is 6.92 Å². The highest BCUT2D eigenvalue weighted by Crippen LogP contribution is 2.27. The Kier molecular flexibility index (Phi) is 4.93. The van der Waals surface area contributed by atoms with E-state index in [2.05, 4.69) is 5.32 Å². The molecule has 104 valence electrons. The summed E-state index contributed by atoms with van der Waals surface area (Å²) in [5.74, 6) is 0.0936. The molecule has 1 amide bonds. The molecule has 0 aliphatic carbocycles. The first-order valence-electron chi connectivity index (χ1n) is 6.03. The Labute approximate surface area is 127 Å². The van der Waals surface area contributed by atoms with Gasteiger partial charge in [-0.2, -0.15) is 0 Å². The van der Waals surface area contributed by atoms with E-state index in [0.29, 0.717) is 10.7 Å². The Hall–Kier alpha value is -1.65. The zero-order valence-electron chi connectivity index (χ0n) is 10.9. The molecule has 20 heavy (non-hydrogen) atoms. The van der Waals surface area contributed by atoms with Gasteiger partial charge in [-0.25, -0.2) is 0 Å². The number of amides is 1. The quantitative estimate of drug-likeness (QED) is 0.661. The number of phenols is 1. The standard InChI is InChI=1S/C15H14ClNO2S/c1-10-4-2-3-5-14(10)20-9-15(19)17-12-8-11(16)6-7-13(12)18/h2-8,18H,9H2,1H3,(H,17,19). The molecule has 2 rings (SSSR count). The maximum atomic E-state index is 11.9. The summed E-state index contributed by atoms with van der Waals surface area (Å²) in [5, 5.41) is 12.7. The van der Waals surface area contributed by atoms with E-state index in [1.165, 1.54) is 23.9 Å². The number of hydrogen-bond donors (Lipinski definition) is 2. The molecule has 0 saturated heterocycles. The Bertz CT molecular complexity index is 631. The van der Waals surface area contributed by atoms with Crippen molar-refractivity contribution in [1.29, 1.82) is 0 Å². The molecular weight excluding hydrogens is 294 g/mol. The first-order chi connectivity index (χ1) is 9.56. The van der Waals surface area contributed by atoms with Gasteiger partial charge in [0, 0.05) is 9.92 Å². The smallest absolute Gasteiger partial charge is 0.234 e. The summed E-state index contributed by atoms with van der Waals surface area (Å²) in [6.45, 7) is 2.00. The molecule has 0 spiro atoms. The summed E-state index contributed by atoms with van der Waals surface area (Å²) in [6, 6.07) is 12.4. The van der Waals surface area contributed by atoms with Crippen molar-refractivity contribution in [3.8, 4) is 5.75 Å². The van der Waals surface area contributed by atoms with Gasteiger partial charge in [0.15, 0.2) is 0 Å². The molecule has 0 saturated carbocycles. The molecule has 2 N–H and O–H groups in total. The Morgan fingerprint density at radius 1 is 1.30 bits per heavy atom. The van der Waals surface area contributed by atoms with E-state index in [-0.39, 0.29) is 17.4 Å². The average Bonchev–Trinajstić information content (AvgIpc) is 2.42. The Morgan fingerprint density at radius 2 is 2.05 bits per heavy atom. The normalized spacial score (nSPS) is 10.3. The van der Waals surface area contributed by atoms with Crippen LogP contribution in [0.4, 0.5) is 5.69 Å². The van der Waals surface area contributed by atoms with Crippen molar-refractivity contribution in [2.75, 3.05) is 11.1 Å². The van der Waals surface area contributed by atoms with E-state index < -0.39 is 0 Å². The topological polar surface area (TPSA) is 49.3 Å². The number of halogens is 1. The molecule has 3 nitrogen and oxygen atoms in total. The average molecular weight is 308 g/mol. The van der Waals surface area contributed by atoms with Crippen LogP contribution in [-0.2, 0) is 4.79 Å². The van der Waals surface area contributed by atoms with Gasteiger partial charge < -0.3 is 10.4 Å². The molecule has 0 heterocycles. The fourth-order valence-electron chi connectivity index (χ4n) is 1.66. The van der Waals surface area contributed by atoms with E-state index in [0.717, 1.165) is 10.5 Å². The van der Waals surface area contributed by atoms with Gasteiger partial charge in [0.05, 0.1) is 11.4 Å². The molecule has 5 heteroatoms.